The van der Waals surface area contributed by atoms with Crippen LogP contribution in [0.2, 0.25) is 5.02 Å². The zero-order valence-electron chi connectivity index (χ0n) is 18.9. The first-order valence-corrected chi connectivity index (χ1v) is 11.5. The maximum Gasteiger partial charge on any atom is 0.244 e. The second-order valence-corrected chi connectivity index (χ2v) is 8.63. The molecule has 1 amide bonds. The summed E-state index contributed by atoms with van der Waals surface area (Å²) in [4.78, 5) is 25.5. The molecule has 1 saturated heterocycles. The summed E-state index contributed by atoms with van der Waals surface area (Å²) in [6, 6.07) is 13.0. The molecule has 2 aromatic carbocycles. The Kier molecular flexibility index (Phi) is 7.57. The molecule has 3 aromatic rings. The molecule has 0 saturated carbocycles. The highest BCUT2D eigenvalue weighted by molar-refractivity contribution is 6.30. The fourth-order valence-electron chi connectivity index (χ4n) is 3.86. The number of nitrogens with two attached hydrogens (primary N) is 2. The van der Waals surface area contributed by atoms with Crippen molar-refractivity contribution >= 4 is 34.8 Å². The quantitative estimate of drug-likeness (QED) is 0.412. The predicted octanol–water partition coefficient (Wildman–Crippen LogP) is 3.79. The lowest BCUT2D eigenvalue weighted by Crippen LogP contribution is -2.41. The molecule has 1 atom stereocenters. The van der Waals surface area contributed by atoms with E-state index in [1.807, 2.05) is 12.1 Å². The number of aliphatic imine (C=N–C) groups is 1. The lowest BCUT2D eigenvalue weighted by Gasteiger charge is -2.25. The molecule has 4 rings (SSSR count). The largest absolute Gasteiger partial charge is 0.383 e. The van der Waals surface area contributed by atoms with Crippen LogP contribution in [0.25, 0.3) is 0 Å². The molecule has 1 aromatic heterocycles. The van der Waals surface area contributed by atoms with Crippen LogP contribution in [0.1, 0.15) is 23.6 Å². The van der Waals surface area contributed by atoms with Crippen LogP contribution < -0.4 is 16.4 Å². The fraction of sp³-hybridized carbons (Fsp3) is 0.240. The fourth-order valence-corrected chi connectivity index (χ4v) is 3.98. The third kappa shape index (κ3) is 5.93. The molecule has 0 radical (unpaired) electrons. The van der Waals surface area contributed by atoms with Crippen LogP contribution in [0.4, 0.5) is 20.3 Å². The van der Waals surface area contributed by atoms with E-state index in [4.69, 9.17) is 23.1 Å². The van der Waals surface area contributed by atoms with Gasteiger partial charge in [-0.15, -0.1) is 0 Å². The van der Waals surface area contributed by atoms with Crippen LogP contribution in [0.15, 0.2) is 65.8 Å². The van der Waals surface area contributed by atoms with Gasteiger partial charge in [-0.25, -0.2) is 18.8 Å². The topological polar surface area (TPSA) is 101 Å². The van der Waals surface area contributed by atoms with Gasteiger partial charge in [-0.05, 0) is 60.5 Å². The number of amides is 1. The lowest BCUT2D eigenvalue weighted by atomic mass is 10.1. The first-order chi connectivity index (χ1) is 16.8. The van der Waals surface area contributed by atoms with Gasteiger partial charge in [0.15, 0.2) is 11.6 Å². The molecule has 182 valence electrons. The van der Waals surface area contributed by atoms with Gasteiger partial charge in [0.05, 0.1) is 5.69 Å². The van der Waals surface area contributed by atoms with Gasteiger partial charge in [-0.1, -0.05) is 17.7 Å². The molecule has 7 nitrogen and oxygen atoms in total. The van der Waals surface area contributed by atoms with Crippen LogP contribution in [0.3, 0.4) is 0 Å². The number of hydrogen-bond acceptors (Lipinski definition) is 5. The second-order valence-electron chi connectivity index (χ2n) is 8.20. The molecule has 1 aliphatic heterocycles. The van der Waals surface area contributed by atoms with Gasteiger partial charge < -0.3 is 21.3 Å². The normalized spacial score (nSPS) is 15.6. The number of pyridine rings is 1. The standard InChI is InChI=1S/C25H25ClF2N6O/c26-18-4-6-19(7-5-18)32-24(30)17-3-9-22(31-15-17)33-10-1-11-34(13-12-33)25(35)23(29)16-2-8-20(27)21(28)14-16/h2-9,14-15,23H,1,10-13,29H2,(H2,30,32). The third-order valence-corrected chi connectivity index (χ3v) is 6.07. The predicted molar refractivity (Wildman–Crippen MR) is 133 cm³/mol. The molecule has 1 fully saturated rings. The number of nitrogens with zero attached hydrogens (tertiary/aromatic N) is 4. The minimum atomic E-state index is -1.06. The Morgan fingerprint density at radius 2 is 1.77 bits per heavy atom. The van der Waals surface area contributed by atoms with Crippen molar-refractivity contribution in [2.45, 2.75) is 12.5 Å². The molecule has 35 heavy (non-hydrogen) atoms. The number of amidine groups is 1. The summed E-state index contributed by atoms with van der Waals surface area (Å²) in [7, 11) is 0. The van der Waals surface area contributed by atoms with Crippen molar-refractivity contribution < 1.29 is 13.6 Å². The van der Waals surface area contributed by atoms with Gasteiger partial charge in [0, 0.05) is 43.0 Å². The molecule has 0 bridgehead atoms. The van der Waals surface area contributed by atoms with Gasteiger partial charge in [0.25, 0.3) is 0 Å². The number of carbonyl (C=O) groups excluding carboxylic acids is 1. The van der Waals surface area contributed by atoms with Crippen LogP contribution >= 0.6 is 11.6 Å². The first kappa shape index (κ1) is 24.6. The number of aromatic nitrogens is 1. The Morgan fingerprint density at radius 1 is 1.00 bits per heavy atom. The molecule has 0 aliphatic carbocycles. The maximum atomic E-state index is 13.6. The molecule has 1 unspecified atom stereocenters. The zero-order chi connectivity index (χ0) is 24.9. The van der Waals surface area contributed by atoms with Crippen LogP contribution in [-0.2, 0) is 4.79 Å². The Labute approximate surface area is 207 Å². The SMILES string of the molecule is NC(=Nc1ccc(Cl)cc1)c1ccc(N2CCCN(C(=O)C(N)c3ccc(F)c(F)c3)CC2)nc1. The van der Waals surface area contributed by atoms with Crippen molar-refractivity contribution in [2.24, 2.45) is 16.5 Å². The van der Waals surface area contributed by atoms with Gasteiger partial charge in [0.1, 0.15) is 17.7 Å². The molecular weight excluding hydrogens is 474 g/mol. The summed E-state index contributed by atoms with van der Waals surface area (Å²) < 4.78 is 26.8. The lowest BCUT2D eigenvalue weighted by molar-refractivity contribution is -0.132. The number of carbonyl (C=O) groups is 1. The van der Waals surface area contributed by atoms with E-state index in [1.165, 1.54) is 6.07 Å². The summed E-state index contributed by atoms with van der Waals surface area (Å²) in [6.45, 7) is 2.19. The average molecular weight is 499 g/mol. The summed E-state index contributed by atoms with van der Waals surface area (Å²) in [5, 5.41) is 0.623. The molecule has 4 N–H and O–H groups in total. The van der Waals surface area contributed by atoms with Crippen LogP contribution in [-0.4, -0.2) is 47.8 Å². The number of anilines is 1. The average Bonchev–Trinajstić information content (AvgIpc) is 3.13. The van der Waals surface area contributed by atoms with Crippen molar-refractivity contribution in [1.29, 1.82) is 0 Å². The molecule has 0 spiro atoms. The molecule has 1 aliphatic rings. The number of halogens is 3. The highest BCUT2D eigenvalue weighted by Gasteiger charge is 2.26. The minimum absolute atomic E-state index is 0.241. The van der Waals surface area contributed by atoms with Gasteiger partial charge >= 0.3 is 0 Å². The van der Waals surface area contributed by atoms with Gasteiger partial charge in [-0.3, -0.25) is 4.79 Å². The van der Waals surface area contributed by atoms with Crippen LogP contribution in [0, 0.1) is 11.6 Å². The van der Waals surface area contributed by atoms with E-state index in [-0.39, 0.29) is 11.5 Å². The van der Waals surface area contributed by atoms with E-state index in [2.05, 4.69) is 14.9 Å². The van der Waals surface area contributed by atoms with E-state index in [9.17, 15) is 13.6 Å². The summed E-state index contributed by atoms with van der Waals surface area (Å²) in [6.07, 6.45) is 2.37. The van der Waals surface area contributed by atoms with E-state index in [1.54, 1.807) is 35.4 Å². The second kappa shape index (κ2) is 10.8. The van der Waals surface area contributed by atoms with Crippen molar-refractivity contribution in [3.63, 3.8) is 0 Å². The van der Waals surface area contributed by atoms with Crippen molar-refractivity contribution in [2.75, 3.05) is 31.1 Å². The van der Waals surface area contributed by atoms with Gasteiger partial charge in [0.2, 0.25) is 5.91 Å². The Balaban J connectivity index is 1.39. The summed E-state index contributed by atoms with van der Waals surface area (Å²) in [5.41, 5.74) is 13.8. The number of hydrogen-bond donors (Lipinski definition) is 2. The van der Waals surface area contributed by atoms with Gasteiger partial charge in [-0.2, -0.15) is 0 Å². The van der Waals surface area contributed by atoms with E-state index in [0.717, 1.165) is 18.0 Å². The van der Waals surface area contributed by atoms with Crippen molar-refractivity contribution in [3.05, 3.63) is 88.6 Å². The molecular formula is C25H25ClF2N6O. The summed E-state index contributed by atoms with van der Waals surface area (Å²) >= 11 is 5.90. The third-order valence-electron chi connectivity index (χ3n) is 5.82. The molecule has 10 heteroatoms. The van der Waals surface area contributed by atoms with E-state index >= 15 is 0 Å². The Bertz CT molecular complexity index is 1220. The summed E-state index contributed by atoms with van der Waals surface area (Å²) in [5.74, 6) is -1.23. The highest BCUT2D eigenvalue weighted by Crippen LogP contribution is 2.20. The smallest absolute Gasteiger partial charge is 0.244 e. The van der Waals surface area contributed by atoms with Crippen LogP contribution in [0.5, 0.6) is 0 Å². The van der Waals surface area contributed by atoms with E-state index in [0.29, 0.717) is 54.7 Å². The highest BCUT2D eigenvalue weighted by atomic mass is 35.5. The number of rotatable bonds is 5. The van der Waals surface area contributed by atoms with Crippen molar-refractivity contribution in [3.8, 4) is 0 Å². The Hall–Kier alpha value is -3.56. The van der Waals surface area contributed by atoms with Crippen molar-refractivity contribution in [1.82, 2.24) is 9.88 Å². The maximum absolute atomic E-state index is 13.6. The molecule has 2 heterocycles. The zero-order valence-corrected chi connectivity index (χ0v) is 19.6. The first-order valence-electron chi connectivity index (χ1n) is 11.1. The minimum Gasteiger partial charge on any atom is -0.383 e. The monoisotopic (exact) mass is 498 g/mol. The van der Waals surface area contributed by atoms with E-state index < -0.39 is 17.7 Å². The Morgan fingerprint density at radius 3 is 2.46 bits per heavy atom. The number of benzene rings is 2.